The van der Waals surface area contributed by atoms with Crippen molar-refractivity contribution in [2.24, 2.45) is 5.92 Å². The lowest BCUT2D eigenvalue weighted by Crippen LogP contribution is -2.42. The molecule has 12 heavy (non-hydrogen) atoms. The molecule has 0 aliphatic carbocycles. The van der Waals surface area contributed by atoms with E-state index in [9.17, 15) is 4.79 Å². The molecule has 0 fully saturated rings. The van der Waals surface area contributed by atoms with Gasteiger partial charge >= 0.3 is 0 Å². The van der Waals surface area contributed by atoms with Gasteiger partial charge in [0.25, 0.3) is 0 Å². The Hall–Kier alpha value is -0.570. The predicted octanol–water partition coefficient (Wildman–Crippen LogP) is 0.757. The van der Waals surface area contributed by atoms with Crippen LogP contribution in [0.4, 0.5) is 0 Å². The van der Waals surface area contributed by atoms with Crippen molar-refractivity contribution in [1.29, 1.82) is 0 Å². The van der Waals surface area contributed by atoms with Crippen LogP contribution in [0.5, 0.6) is 0 Å². The van der Waals surface area contributed by atoms with Crippen LogP contribution in [0.1, 0.15) is 27.2 Å². The van der Waals surface area contributed by atoms with E-state index in [0.29, 0.717) is 5.92 Å². The number of rotatable bonds is 5. The van der Waals surface area contributed by atoms with Crippen LogP contribution in [-0.4, -0.2) is 25.5 Å². The molecule has 0 rings (SSSR count). The van der Waals surface area contributed by atoms with Crippen LogP contribution in [0.25, 0.3) is 0 Å². The van der Waals surface area contributed by atoms with Gasteiger partial charge in [0.1, 0.15) is 0 Å². The monoisotopic (exact) mass is 172 g/mol. The molecule has 0 aliphatic rings. The van der Waals surface area contributed by atoms with Gasteiger partial charge in [-0.1, -0.05) is 20.3 Å². The second kappa shape index (κ2) is 6.00. The molecule has 0 aliphatic heterocycles. The van der Waals surface area contributed by atoms with E-state index in [1.54, 1.807) is 7.05 Å². The lowest BCUT2D eigenvalue weighted by molar-refractivity contribution is -0.122. The fourth-order valence-electron chi connectivity index (χ4n) is 0.832. The van der Waals surface area contributed by atoms with Gasteiger partial charge < -0.3 is 10.6 Å². The highest BCUT2D eigenvalue weighted by atomic mass is 16.2. The van der Waals surface area contributed by atoms with Crippen molar-refractivity contribution >= 4 is 5.91 Å². The van der Waals surface area contributed by atoms with E-state index in [0.717, 1.165) is 13.0 Å². The maximum absolute atomic E-state index is 11.0. The van der Waals surface area contributed by atoms with E-state index in [2.05, 4.69) is 24.5 Å². The number of amides is 1. The number of carbonyl (C=O) groups is 1. The van der Waals surface area contributed by atoms with Gasteiger partial charge in [0.05, 0.1) is 6.04 Å². The zero-order valence-corrected chi connectivity index (χ0v) is 8.48. The highest BCUT2D eigenvalue weighted by Crippen LogP contribution is 1.97. The van der Waals surface area contributed by atoms with Crippen LogP contribution >= 0.6 is 0 Å². The van der Waals surface area contributed by atoms with E-state index >= 15 is 0 Å². The zero-order valence-electron chi connectivity index (χ0n) is 8.48. The van der Waals surface area contributed by atoms with Crippen molar-refractivity contribution in [2.45, 2.75) is 33.2 Å². The summed E-state index contributed by atoms with van der Waals surface area (Å²) in [5.41, 5.74) is 0. The molecule has 0 saturated heterocycles. The minimum absolute atomic E-state index is 0.0540. The standard InChI is InChI=1S/C9H20N2O/c1-5-7(2)6-11-8(3)9(12)10-4/h7-8,11H,5-6H2,1-4H3,(H,10,12). The van der Waals surface area contributed by atoms with Crippen LogP contribution in [-0.2, 0) is 4.79 Å². The number of carbonyl (C=O) groups excluding carboxylic acids is 1. The third-order valence-corrected chi connectivity index (χ3v) is 2.11. The van der Waals surface area contributed by atoms with Crippen molar-refractivity contribution in [3.63, 3.8) is 0 Å². The lowest BCUT2D eigenvalue weighted by atomic mass is 10.1. The first kappa shape index (κ1) is 11.4. The number of hydrogen-bond acceptors (Lipinski definition) is 2. The van der Waals surface area contributed by atoms with Gasteiger partial charge in [0.2, 0.25) is 5.91 Å². The lowest BCUT2D eigenvalue weighted by Gasteiger charge is -2.15. The summed E-state index contributed by atoms with van der Waals surface area (Å²) in [6.45, 7) is 7.10. The van der Waals surface area contributed by atoms with Crippen LogP contribution < -0.4 is 10.6 Å². The maximum Gasteiger partial charge on any atom is 0.236 e. The Morgan fingerprint density at radius 1 is 1.42 bits per heavy atom. The largest absolute Gasteiger partial charge is 0.358 e. The minimum atomic E-state index is -0.0796. The van der Waals surface area contributed by atoms with E-state index in [1.807, 2.05) is 6.92 Å². The summed E-state index contributed by atoms with van der Waals surface area (Å²) in [6.07, 6.45) is 1.15. The first-order valence-electron chi connectivity index (χ1n) is 4.56. The van der Waals surface area contributed by atoms with Crippen LogP contribution in [0, 0.1) is 5.92 Å². The Morgan fingerprint density at radius 3 is 2.42 bits per heavy atom. The molecule has 0 spiro atoms. The molecule has 0 aromatic rings. The Kier molecular flexibility index (Phi) is 5.72. The predicted molar refractivity (Wildman–Crippen MR) is 51.0 cm³/mol. The molecule has 2 N–H and O–H groups in total. The van der Waals surface area contributed by atoms with Gasteiger partial charge in [0, 0.05) is 7.05 Å². The highest BCUT2D eigenvalue weighted by molar-refractivity contribution is 5.80. The number of hydrogen-bond donors (Lipinski definition) is 2. The van der Waals surface area contributed by atoms with Crippen LogP contribution in [0.3, 0.4) is 0 Å². The molecule has 3 heteroatoms. The molecular formula is C9H20N2O. The van der Waals surface area contributed by atoms with Crippen molar-refractivity contribution < 1.29 is 4.79 Å². The quantitative estimate of drug-likeness (QED) is 0.642. The summed E-state index contributed by atoms with van der Waals surface area (Å²) < 4.78 is 0. The van der Waals surface area contributed by atoms with E-state index in [4.69, 9.17) is 0 Å². The first-order valence-corrected chi connectivity index (χ1v) is 4.56. The summed E-state index contributed by atoms with van der Waals surface area (Å²) in [5, 5.41) is 5.78. The number of likely N-dealkylation sites (N-methyl/N-ethyl adjacent to an activating group) is 1. The highest BCUT2D eigenvalue weighted by Gasteiger charge is 2.10. The normalized spacial score (nSPS) is 15.3. The summed E-state index contributed by atoms with van der Waals surface area (Å²) in [4.78, 5) is 11.0. The topological polar surface area (TPSA) is 41.1 Å². The van der Waals surface area contributed by atoms with E-state index in [1.165, 1.54) is 0 Å². The fraction of sp³-hybridized carbons (Fsp3) is 0.889. The summed E-state index contributed by atoms with van der Waals surface area (Å²) in [5.74, 6) is 0.690. The van der Waals surface area contributed by atoms with Gasteiger partial charge in [-0.05, 0) is 19.4 Å². The molecule has 72 valence electrons. The van der Waals surface area contributed by atoms with Crippen LogP contribution in [0.15, 0.2) is 0 Å². The average molecular weight is 172 g/mol. The molecule has 0 aromatic heterocycles. The van der Waals surface area contributed by atoms with E-state index < -0.39 is 0 Å². The SMILES string of the molecule is CCC(C)CNC(C)C(=O)NC. The number of nitrogens with one attached hydrogen (secondary N) is 2. The Balaban J connectivity index is 3.56. The zero-order chi connectivity index (χ0) is 9.56. The Labute approximate surface area is 74.9 Å². The third-order valence-electron chi connectivity index (χ3n) is 2.11. The molecule has 0 heterocycles. The molecule has 0 saturated carbocycles. The van der Waals surface area contributed by atoms with E-state index in [-0.39, 0.29) is 11.9 Å². The fourth-order valence-corrected chi connectivity index (χ4v) is 0.832. The Morgan fingerprint density at radius 2 is 2.00 bits per heavy atom. The van der Waals surface area contributed by atoms with Crippen LogP contribution in [0.2, 0.25) is 0 Å². The summed E-state index contributed by atoms with van der Waals surface area (Å²) in [6, 6.07) is -0.0796. The summed E-state index contributed by atoms with van der Waals surface area (Å²) >= 11 is 0. The van der Waals surface area contributed by atoms with Gasteiger partial charge in [0.15, 0.2) is 0 Å². The molecule has 2 atom stereocenters. The van der Waals surface area contributed by atoms with Gasteiger partial charge in [-0.3, -0.25) is 4.79 Å². The third kappa shape index (κ3) is 4.34. The molecule has 2 unspecified atom stereocenters. The smallest absolute Gasteiger partial charge is 0.236 e. The van der Waals surface area contributed by atoms with Crippen molar-refractivity contribution in [2.75, 3.05) is 13.6 Å². The maximum atomic E-state index is 11.0. The average Bonchev–Trinajstić information content (AvgIpc) is 2.11. The van der Waals surface area contributed by atoms with Crippen molar-refractivity contribution in [3.8, 4) is 0 Å². The van der Waals surface area contributed by atoms with Gasteiger partial charge in [-0.25, -0.2) is 0 Å². The first-order chi connectivity index (χ1) is 5.61. The molecule has 0 aromatic carbocycles. The van der Waals surface area contributed by atoms with Gasteiger partial charge in [-0.15, -0.1) is 0 Å². The van der Waals surface area contributed by atoms with Crippen molar-refractivity contribution in [3.05, 3.63) is 0 Å². The second-order valence-electron chi connectivity index (χ2n) is 3.26. The van der Waals surface area contributed by atoms with Crippen molar-refractivity contribution in [1.82, 2.24) is 10.6 Å². The molecular weight excluding hydrogens is 152 g/mol. The molecule has 1 amide bonds. The molecule has 0 bridgehead atoms. The van der Waals surface area contributed by atoms with Gasteiger partial charge in [-0.2, -0.15) is 0 Å². The second-order valence-corrected chi connectivity index (χ2v) is 3.26. The Bertz CT molecular complexity index is 136. The molecule has 0 radical (unpaired) electrons. The molecule has 3 nitrogen and oxygen atoms in total. The summed E-state index contributed by atoms with van der Waals surface area (Å²) in [7, 11) is 1.66. The minimum Gasteiger partial charge on any atom is -0.358 e.